The van der Waals surface area contributed by atoms with Gasteiger partial charge in [0.1, 0.15) is 19.0 Å². The molecule has 1 N–H and O–H groups in total. The van der Waals surface area contributed by atoms with Gasteiger partial charge in [-0.15, -0.1) is 0 Å². The first kappa shape index (κ1) is 14.9. The minimum Gasteiger partial charge on any atom is -0.486 e. The van der Waals surface area contributed by atoms with E-state index in [0.717, 1.165) is 5.69 Å². The van der Waals surface area contributed by atoms with Crippen LogP contribution >= 0.6 is 0 Å². The monoisotopic (exact) mass is 324 g/mol. The number of nitrogens with one attached hydrogen (secondary N) is 1. The van der Waals surface area contributed by atoms with Gasteiger partial charge in [-0.05, 0) is 26.0 Å². The van der Waals surface area contributed by atoms with Gasteiger partial charge in [0, 0.05) is 6.07 Å². The van der Waals surface area contributed by atoms with E-state index >= 15 is 0 Å². The van der Waals surface area contributed by atoms with Gasteiger partial charge in [-0.3, -0.25) is 0 Å². The van der Waals surface area contributed by atoms with E-state index in [1.54, 1.807) is 19.9 Å². The molecule has 1 aromatic heterocycles. The van der Waals surface area contributed by atoms with E-state index in [0.29, 0.717) is 36.4 Å². The first-order valence-electron chi connectivity index (χ1n) is 6.78. The first-order valence-corrected chi connectivity index (χ1v) is 8.26. The van der Waals surface area contributed by atoms with E-state index in [1.807, 2.05) is 0 Å². The molecule has 3 rings (SSSR count). The molecule has 22 heavy (non-hydrogen) atoms. The Morgan fingerprint density at radius 3 is 2.59 bits per heavy atom. The fourth-order valence-corrected chi connectivity index (χ4v) is 3.04. The summed E-state index contributed by atoms with van der Waals surface area (Å²) in [6.07, 6.45) is 0. The number of rotatable bonds is 4. The molecule has 1 aliphatic rings. The fraction of sp³-hybridized carbons (Fsp3) is 0.357. The number of nitrogens with zero attached hydrogens (tertiary/aromatic N) is 1. The van der Waals surface area contributed by atoms with Crippen LogP contribution in [0.5, 0.6) is 11.5 Å². The van der Waals surface area contributed by atoms with Crippen LogP contribution in [0.15, 0.2) is 27.5 Å². The summed E-state index contributed by atoms with van der Waals surface area (Å²) in [7, 11) is -3.68. The topological polar surface area (TPSA) is 90.7 Å². The standard InChI is InChI=1S/C14H16N2O5S/c1-9-10(2)21-14(16-9)8-15-22(17,18)11-3-4-12-13(7-11)20-6-5-19-12/h3-4,7,15H,5-6,8H2,1-2H3. The Morgan fingerprint density at radius 2 is 1.91 bits per heavy atom. The number of oxazole rings is 1. The Hall–Kier alpha value is -2.06. The Kier molecular flexibility index (Phi) is 3.79. The van der Waals surface area contributed by atoms with Gasteiger partial charge in [0.15, 0.2) is 11.5 Å². The van der Waals surface area contributed by atoms with E-state index in [2.05, 4.69) is 9.71 Å². The van der Waals surface area contributed by atoms with Crippen LogP contribution in [0.2, 0.25) is 0 Å². The van der Waals surface area contributed by atoms with Crippen LogP contribution in [0.25, 0.3) is 0 Å². The van der Waals surface area contributed by atoms with E-state index in [-0.39, 0.29) is 11.4 Å². The average Bonchev–Trinajstić information content (AvgIpc) is 2.83. The molecule has 0 saturated carbocycles. The van der Waals surface area contributed by atoms with E-state index in [9.17, 15) is 8.42 Å². The molecular formula is C14H16N2O5S. The van der Waals surface area contributed by atoms with Crippen LogP contribution in [-0.4, -0.2) is 26.6 Å². The van der Waals surface area contributed by atoms with Gasteiger partial charge in [-0.2, -0.15) is 0 Å². The molecule has 8 heteroatoms. The quantitative estimate of drug-likeness (QED) is 0.917. The van der Waals surface area contributed by atoms with Crippen molar-refractivity contribution in [2.24, 2.45) is 0 Å². The zero-order valence-electron chi connectivity index (χ0n) is 12.3. The minimum absolute atomic E-state index is 0.00848. The molecule has 2 aromatic rings. The van der Waals surface area contributed by atoms with Crippen LogP contribution in [0, 0.1) is 13.8 Å². The second-order valence-corrected chi connectivity index (χ2v) is 6.65. The van der Waals surface area contributed by atoms with Gasteiger partial charge in [0.25, 0.3) is 0 Å². The maximum atomic E-state index is 12.3. The summed E-state index contributed by atoms with van der Waals surface area (Å²) in [5, 5.41) is 0. The summed E-state index contributed by atoms with van der Waals surface area (Å²) < 4.78 is 43.2. The van der Waals surface area contributed by atoms with Crippen molar-refractivity contribution in [2.75, 3.05) is 13.2 Å². The van der Waals surface area contributed by atoms with E-state index in [1.165, 1.54) is 12.1 Å². The molecule has 0 fully saturated rings. The third-order valence-electron chi connectivity index (χ3n) is 3.31. The summed E-state index contributed by atoms with van der Waals surface area (Å²) in [5.41, 5.74) is 0.744. The van der Waals surface area contributed by atoms with Crippen molar-refractivity contribution in [2.45, 2.75) is 25.3 Å². The second kappa shape index (κ2) is 5.62. The molecule has 0 spiro atoms. The molecule has 0 bridgehead atoms. The minimum atomic E-state index is -3.68. The summed E-state index contributed by atoms with van der Waals surface area (Å²) in [5.74, 6) is 1.98. The van der Waals surface area contributed by atoms with Gasteiger partial charge in [0.2, 0.25) is 15.9 Å². The summed E-state index contributed by atoms with van der Waals surface area (Å²) in [6, 6.07) is 4.51. The number of hydrogen-bond acceptors (Lipinski definition) is 6. The summed E-state index contributed by atoms with van der Waals surface area (Å²) in [6.45, 7) is 4.43. The third-order valence-corrected chi connectivity index (χ3v) is 4.71. The van der Waals surface area contributed by atoms with E-state index < -0.39 is 10.0 Å². The normalized spacial score (nSPS) is 14.1. The zero-order chi connectivity index (χ0) is 15.7. The van der Waals surface area contributed by atoms with Gasteiger partial charge in [-0.25, -0.2) is 18.1 Å². The molecule has 0 unspecified atom stereocenters. The molecule has 0 radical (unpaired) electrons. The Balaban J connectivity index is 1.77. The highest BCUT2D eigenvalue weighted by atomic mass is 32.2. The Morgan fingerprint density at radius 1 is 1.18 bits per heavy atom. The predicted molar refractivity (Wildman–Crippen MR) is 77.4 cm³/mol. The van der Waals surface area contributed by atoms with Gasteiger partial charge >= 0.3 is 0 Å². The lowest BCUT2D eigenvalue weighted by Crippen LogP contribution is -2.24. The second-order valence-electron chi connectivity index (χ2n) is 4.88. The average molecular weight is 324 g/mol. The molecule has 7 nitrogen and oxygen atoms in total. The number of sulfonamides is 1. The maximum Gasteiger partial charge on any atom is 0.241 e. The van der Waals surface area contributed by atoms with Crippen LogP contribution in [-0.2, 0) is 16.6 Å². The maximum absolute atomic E-state index is 12.3. The number of ether oxygens (including phenoxy) is 2. The number of fused-ring (bicyclic) bond motifs is 1. The van der Waals surface area contributed by atoms with Gasteiger partial charge in [0.05, 0.1) is 17.1 Å². The van der Waals surface area contributed by atoms with Gasteiger partial charge < -0.3 is 13.9 Å². The number of benzene rings is 1. The predicted octanol–water partition coefficient (Wildman–Crippen LogP) is 1.54. The van der Waals surface area contributed by atoms with Crippen molar-refractivity contribution < 1.29 is 22.3 Å². The molecule has 0 atom stereocenters. The van der Waals surface area contributed by atoms with Crippen LogP contribution < -0.4 is 14.2 Å². The summed E-state index contributed by atoms with van der Waals surface area (Å²) >= 11 is 0. The highest BCUT2D eigenvalue weighted by Crippen LogP contribution is 2.32. The fourth-order valence-electron chi connectivity index (χ4n) is 2.05. The van der Waals surface area contributed by atoms with Crippen molar-refractivity contribution in [3.63, 3.8) is 0 Å². The lowest BCUT2D eigenvalue weighted by molar-refractivity contribution is 0.171. The van der Waals surface area contributed by atoms with E-state index in [4.69, 9.17) is 13.9 Å². The number of aromatic nitrogens is 1. The van der Waals surface area contributed by atoms with Crippen molar-refractivity contribution in [3.8, 4) is 11.5 Å². The molecule has 1 aromatic carbocycles. The molecule has 118 valence electrons. The lowest BCUT2D eigenvalue weighted by Gasteiger charge is -2.18. The summed E-state index contributed by atoms with van der Waals surface area (Å²) in [4.78, 5) is 4.25. The number of hydrogen-bond donors (Lipinski definition) is 1. The number of aryl methyl sites for hydroxylation is 2. The lowest BCUT2D eigenvalue weighted by atomic mass is 10.3. The Bertz CT molecular complexity index is 778. The van der Waals surface area contributed by atoms with Crippen molar-refractivity contribution in [3.05, 3.63) is 35.5 Å². The van der Waals surface area contributed by atoms with Crippen LogP contribution in [0.4, 0.5) is 0 Å². The van der Waals surface area contributed by atoms with Crippen molar-refractivity contribution >= 4 is 10.0 Å². The highest BCUT2D eigenvalue weighted by molar-refractivity contribution is 7.89. The molecular weight excluding hydrogens is 308 g/mol. The molecule has 1 aliphatic heterocycles. The van der Waals surface area contributed by atoms with Crippen molar-refractivity contribution in [1.29, 1.82) is 0 Å². The first-order chi connectivity index (χ1) is 10.5. The highest BCUT2D eigenvalue weighted by Gasteiger charge is 2.20. The van der Waals surface area contributed by atoms with Crippen molar-refractivity contribution in [1.82, 2.24) is 9.71 Å². The zero-order valence-corrected chi connectivity index (χ0v) is 13.1. The van der Waals surface area contributed by atoms with Crippen LogP contribution in [0.3, 0.4) is 0 Å². The largest absolute Gasteiger partial charge is 0.486 e. The molecule has 0 amide bonds. The molecule has 2 heterocycles. The van der Waals surface area contributed by atoms with Gasteiger partial charge in [-0.1, -0.05) is 0 Å². The SMILES string of the molecule is Cc1nc(CNS(=O)(=O)c2ccc3c(c2)OCCO3)oc1C. The smallest absolute Gasteiger partial charge is 0.241 e. The third kappa shape index (κ3) is 2.93. The Labute approximate surface area is 128 Å². The molecule has 0 saturated heterocycles. The van der Waals surface area contributed by atoms with Crippen LogP contribution in [0.1, 0.15) is 17.3 Å². The molecule has 0 aliphatic carbocycles.